The molecule has 5 rings (SSSR count). The number of nitrogens with zero attached hydrogens (tertiary/aromatic N) is 7. The maximum Gasteiger partial charge on any atom is 0.232 e. The molecule has 0 spiro atoms. The number of anilines is 3. The zero-order chi connectivity index (χ0) is 42.5. The van der Waals surface area contributed by atoms with Gasteiger partial charge in [0.25, 0.3) is 0 Å². The van der Waals surface area contributed by atoms with Crippen LogP contribution in [0.4, 0.5) is 17.8 Å². The Hall–Kier alpha value is -2.80. The van der Waals surface area contributed by atoms with Gasteiger partial charge in [-0.15, -0.1) is 0 Å². The van der Waals surface area contributed by atoms with E-state index in [4.69, 9.17) is 15.0 Å². The molecule has 0 bridgehead atoms. The fraction of sp³-hybridized carbons (Fsp3) is 0.688. The Bertz CT molecular complexity index is 1630. The van der Waals surface area contributed by atoms with Gasteiger partial charge in [-0.1, -0.05) is 117 Å². The lowest BCUT2D eigenvalue weighted by Crippen LogP contribution is -2.63. The van der Waals surface area contributed by atoms with Gasteiger partial charge in [0.2, 0.25) is 17.8 Å². The quantitative estimate of drug-likeness (QED) is 0.101. The standard InChI is InChI=1S/C48H81N8Si2/c1-15-17-31-55(38-34-45(3,4)53(11)46(5,6)35-38)43-50-42(51-44(52-43)56(32-18-16-2)39-36-47(7,8)54(12)48(9,10)37-39)49-30-25-33-58(14,41-28-23-20-24-29-41)57(13)40-26-21-19-22-27-40/h19-24,26-29,38-39H,15-18,25,30-37H2,1-14H3,(H,49,50,51,52). The summed E-state index contributed by atoms with van der Waals surface area (Å²) in [5.74, 6) is 2.43. The molecule has 0 saturated carbocycles. The minimum Gasteiger partial charge on any atom is -0.354 e. The van der Waals surface area contributed by atoms with Crippen molar-refractivity contribution in [1.29, 1.82) is 0 Å². The second-order valence-corrected chi connectivity index (χ2v) is 31.7. The van der Waals surface area contributed by atoms with E-state index in [0.29, 0.717) is 12.1 Å². The second-order valence-electron chi connectivity index (χ2n) is 20.6. The topological polar surface area (TPSA) is 63.7 Å². The Labute approximate surface area is 357 Å². The molecule has 1 N–H and O–H groups in total. The Kier molecular flexibility index (Phi) is 15.0. The van der Waals surface area contributed by atoms with Crippen LogP contribution < -0.4 is 25.5 Å². The lowest BCUT2D eigenvalue weighted by Gasteiger charge is -2.56. The number of likely N-dealkylation sites (tertiary alicyclic amines) is 2. The molecule has 0 aliphatic carbocycles. The van der Waals surface area contributed by atoms with Crippen molar-refractivity contribution < 1.29 is 0 Å². The molecule has 2 fully saturated rings. The van der Waals surface area contributed by atoms with E-state index in [2.05, 4.69) is 182 Å². The van der Waals surface area contributed by atoms with Crippen LogP contribution in [0.5, 0.6) is 0 Å². The average Bonchev–Trinajstić information content (AvgIpc) is 3.18. The summed E-state index contributed by atoms with van der Waals surface area (Å²) in [7, 11) is 2.01. The molecular weight excluding hydrogens is 745 g/mol. The Morgan fingerprint density at radius 3 is 1.48 bits per heavy atom. The Morgan fingerprint density at radius 2 is 1.07 bits per heavy atom. The zero-order valence-electron chi connectivity index (χ0n) is 39.3. The highest BCUT2D eigenvalue weighted by Gasteiger charge is 2.47. The molecule has 3 heterocycles. The largest absolute Gasteiger partial charge is 0.354 e. The first-order chi connectivity index (χ1) is 27.3. The number of rotatable bonds is 18. The first kappa shape index (κ1) is 46.3. The van der Waals surface area contributed by atoms with E-state index >= 15 is 0 Å². The summed E-state index contributed by atoms with van der Waals surface area (Å²) < 4.78 is 0. The molecule has 2 saturated heterocycles. The highest BCUT2D eigenvalue weighted by Crippen LogP contribution is 2.42. The summed E-state index contributed by atoms with van der Waals surface area (Å²) in [6.45, 7) is 31.8. The van der Waals surface area contributed by atoms with Gasteiger partial charge in [0, 0.05) is 53.9 Å². The van der Waals surface area contributed by atoms with Gasteiger partial charge in [0.15, 0.2) is 0 Å². The number of aromatic nitrogens is 3. The molecule has 2 aliphatic rings. The summed E-state index contributed by atoms with van der Waals surface area (Å²) in [6, 6.07) is 24.6. The summed E-state index contributed by atoms with van der Waals surface area (Å²) in [4.78, 5) is 26.7. The monoisotopic (exact) mass is 826 g/mol. The van der Waals surface area contributed by atoms with E-state index in [-0.39, 0.29) is 22.2 Å². The molecule has 1 atom stereocenters. The molecule has 321 valence electrons. The number of nitrogens with one attached hydrogen (secondary N) is 1. The molecule has 1 aromatic heterocycles. The van der Waals surface area contributed by atoms with Gasteiger partial charge in [-0.25, -0.2) is 0 Å². The lowest BCUT2D eigenvalue weighted by molar-refractivity contribution is -0.0130. The van der Waals surface area contributed by atoms with Gasteiger partial charge in [-0.3, -0.25) is 9.80 Å². The van der Waals surface area contributed by atoms with E-state index in [1.54, 1.807) is 10.4 Å². The van der Waals surface area contributed by atoms with Crippen LogP contribution in [0.1, 0.15) is 127 Å². The van der Waals surface area contributed by atoms with Crippen LogP contribution >= 0.6 is 0 Å². The molecule has 3 aromatic rings. The van der Waals surface area contributed by atoms with Crippen LogP contribution in [-0.2, 0) is 0 Å². The van der Waals surface area contributed by atoms with Crippen molar-refractivity contribution in [1.82, 2.24) is 24.8 Å². The van der Waals surface area contributed by atoms with E-state index in [0.717, 1.165) is 95.3 Å². The number of unbranched alkanes of at least 4 members (excludes halogenated alkanes) is 2. The van der Waals surface area contributed by atoms with Crippen LogP contribution in [0.25, 0.3) is 0 Å². The molecular formula is C48H81N8Si2. The van der Waals surface area contributed by atoms with E-state index in [1.807, 2.05) is 0 Å². The minimum atomic E-state index is -1.82. The minimum absolute atomic E-state index is 0.0564. The van der Waals surface area contributed by atoms with Crippen molar-refractivity contribution in [3.05, 3.63) is 60.7 Å². The molecule has 0 amide bonds. The highest BCUT2D eigenvalue weighted by molar-refractivity contribution is 7.42. The number of hydrogen-bond acceptors (Lipinski definition) is 8. The summed E-state index contributed by atoms with van der Waals surface area (Å²) >= 11 is 0. The van der Waals surface area contributed by atoms with Crippen molar-refractivity contribution in [2.45, 2.75) is 180 Å². The fourth-order valence-electron chi connectivity index (χ4n) is 10.3. The SMILES string of the molecule is CCCCN(c1nc(NCCC[Si](C)(c2ccccc2)[Si](C)c2ccccc2)nc(N(CCCC)C2CC(C)(C)N(C)C(C)(C)C2)n1)C1CC(C)(C)N(C)C(C)(C)C1. The van der Waals surface area contributed by atoms with Crippen LogP contribution in [0.3, 0.4) is 0 Å². The normalized spacial score (nSPS) is 20.8. The van der Waals surface area contributed by atoms with E-state index < -0.39 is 15.9 Å². The third-order valence-corrected chi connectivity index (χ3v) is 27.9. The molecule has 1 unspecified atom stereocenters. The lowest BCUT2D eigenvalue weighted by atomic mass is 9.77. The molecule has 1 radical (unpaired) electrons. The van der Waals surface area contributed by atoms with E-state index in [1.165, 1.54) is 6.04 Å². The maximum atomic E-state index is 5.56. The number of benzene rings is 2. The summed E-state index contributed by atoms with van der Waals surface area (Å²) in [5, 5.41) is 6.96. The van der Waals surface area contributed by atoms with E-state index in [9.17, 15) is 0 Å². The molecule has 10 heteroatoms. The Morgan fingerprint density at radius 1 is 0.655 bits per heavy atom. The summed E-state index contributed by atoms with van der Waals surface area (Å²) in [6.07, 6.45) is 9.86. The van der Waals surface area contributed by atoms with Crippen molar-refractivity contribution >= 4 is 44.1 Å². The van der Waals surface area contributed by atoms with Gasteiger partial charge in [-0.2, -0.15) is 15.0 Å². The second kappa shape index (κ2) is 18.9. The van der Waals surface area contributed by atoms with Crippen LogP contribution in [0, 0.1) is 0 Å². The first-order valence-electron chi connectivity index (χ1n) is 22.7. The number of piperidine rings is 2. The van der Waals surface area contributed by atoms with Crippen molar-refractivity contribution in [3.63, 3.8) is 0 Å². The molecule has 8 nitrogen and oxygen atoms in total. The average molecular weight is 826 g/mol. The van der Waals surface area contributed by atoms with Crippen molar-refractivity contribution in [2.24, 2.45) is 0 Å². The van der Waals surface area contributed by atoms with Crippen molar-refractivity contribution in [3.8, 4) is 0 Å². The molecule has 2 aliphatic heterocycles. The predicted molar refractivity (Wildman–Crippen MR) is 256 cm³/mol. The van der Waals surface area contributed by atoms with Gasteiger partial charge < -0.3 is 15.1 Å². The third kappa shape index (κ3) is 10.6. The Balaban J connectivity index is 1.53. The van der Waals surface area contributed by atoms with Gasteiger partial charge >= 0.3 is 0 Å². The summed E-state index contributed by atoms with van der Waals surface area (Å²) in [5.41, 5.74) is 0.226. The van der Waals surface area contributed by atoms with Crippen LogP contribution in [-0.4, -0.2) is 109 Å². The highest BCUT2D eigenvalue weighted by atomic mass is 29.2. The molecule has 58 heavy (non-hydrogen) atoms. The zero-order valence-corrected chi connectivity index (χ0v) is 41.3. The van der Waals surface area contributed by atoms with Gasteiger partial charge in [-0.05, 0) is 114 Å². The third-order valence-electron chi connectivity index (χ3n) is 14.7. The van der Waals surface area contributed by atoms with Gasteiger partial charge in [0.1, 0.15) is 0 Å². The van der Waals surface area contributed by atoms with Gasteiger partial charge in [0.05, 0.1) is 15.9 Å². The molecule has 2 aromatic carbocycles. The van der Waals surface area contributed by atoms with Crippen LogP contribution in [0.2, 0.25) is 19.1 Å². The predicted octanol–water partition coefficient (Wildman–Crippen LogP) is 9.29. The smallest absolute Gasteiger partial charge is 0.232 e. The van der Waals surface area contributed by atoms with Crippen molar-refractivity contribution in [2.75, 3.05) is 48.8 Å². The first-order valence-corrected chi connectivity index (χ1v) is 28.4. The fourth-order valence-corrected chi connectivity index (χ4v) is 20.4. The number of hydrogen-bond donors (Lipinski definition) is 1. The van der Waals surface area contributed by atoms with Crippen LogP contribution in [0.15, 0.2) is 60.7 Å². The maximum absolute atomic E-state index is 5.56.